The van der Waals surface area contributed by atoms with Crippen molar-refractivity contribution >= 4 is 28.6 Å². The Hall–Kier alpha value is -3.88. The molecule has 9 heteroatoms. The average Bonchev–Trinajstić information content (AvgIpc) is 2.65. The molecule has 130 valence electrons. The first-order valence-corrected chi connectivity index (χ1v) is 7.51. The third kappa shape index (κ3) is 3.31. The van der Waals surface area contributed by atoms with Gasteiger partial charge in [0, 0.05) is 24.6 Å². The molecule has 0 atom stereocenters. The van der Waals surface area contributed by atoms with Crippen LogP contribution in [0.25, 0.3) is 10.8 Å². The van der Waals surface area contributed by atoms with E-state index in [9.17, 15) is 19.7 Å². The number of carbonyl (C=O) groups is 1. The van der Waals surface area contributed by atoms with E-state index in [1.165, 1.54) is 37.5 Å². The van der Waals surface area contributed by atoms with Crippen LogP contribution in [-0.4, -0.2) is 26.8 Å². The van der Waals surface area contributed by atoms with Gasteiger partial charge in [-0.1, -0.05) is 18.2 Å². The van der Waals surface area contributed by atoms with E-state index >= 15 is 0 Å². The molecule has 1 N–H and O–H groups in total. The van der Waals surface area contributed by atoms with E-state index in [2.05, 4.69) is 15.6 Å². The minimum absolute atomic E-state index is 0.0351. The van der Waals surface area contributed by atoms with Crippen molar-refractivity contribution in [3.63, 3.8) is 0 Å². The Kier molecular flexibility index (Phi) is 4.52. The number of amides is 1. The first-order valence-electron chi connectivity index (χ1n) is 7.51. The zero-order valence-corrected chi connectivity index (χ0v) is 13.6. The zero-order chi connectivity index (χ0) is 18.7. The largest absolute Gasteiger partial charge is 0.292 e. The van der Waals surface area contributed by atoms with Crippen LogP contribution in [0, 0.1) is 10.1 Å². The molecule has 2 aromatic carbocycles. The topological polar surface area (TPSA) is 119 Å². The number of nitro groups is 1. The predicted molar refractivity (Wildman–Crippen MR) is 95.1 cm³/mol. The van der Waals surface area contributed by atoms with E-state index in [4.69, 9.17) is 0 Å². The van der Waals surface area contributed by atoms with Crippen LogP contribution < -0.4 is 11.0 Å². The summed E-state index contributed by atoms with van der Waals surface area (Å²) < 4.78 is 1.09. The smallest absolute Gasteiger partial charge is 0.267 e. The lowest BCUT2D eigenvalue weighted by Gasteiger charge is -2.06. The van der Waals surface area contributed by atoms with E-state index in [1.807, 2.05) is 0 Å². The van der Waals surface area contributed by atoms with E-state index in [0.29, 0.717) is 16.3 Å². The molecule has 0 aliphatic heterocycles. The van der Waals surface area contributed by atoms with Gasteiger partial charge >= 0.3 is 0 Å². The number of aromatic nitrogens is 2. The number of rotatable bonds is 4. The molecule has 1 aromatic heterocycles. The Morgan fingerprint density at radius 3 is 2.50 bits per heavy atom. The third-order valence-corrected chi connectivity index (χ3v) is 3.66. The zero-order valence-electron chi connectivity index (χ0n) is 13.6. The van der Waals surface area contributed by atoms with Gasteiger partial charge in [0.2, 0.25) is 0 Å². The Morgan fingerprint density at radius 2 is 1.85 bits per heavy atom. The van der Waals surface area contributed by atoms with Crippen LogP contribution in [0.5, 0.6) is 0 Å². The van der Waals surface area contributed by atoms with Gasteiger partial charge in [0.1, 0.15) is 0 Å². The number of benzene rings is 2. The fourth-order valence-corrected chi connectivity index (χ4v) is 2.37. The Labute approximate surface area is 146 Å². The number of hydrogen-bond acceptors (Lipinski definition) is 6. The van der Waals surface area contributed by atoms with Gasteiger partial charge in [-0.25, -0.2) is 10.1 Å². The lowest BCUT2D eigenvalue weighted by atomic mass is 10.1. The maximum Gasteiger partial charge on any atom is 0.292 e. The van der Waals surface area contributed by atoms with Gasteiger partial charge in [0.15, 0.2) is 5.69 Å². The highest BCUT2D eigenvalue weighted by Gasteiger charge is 2.14. The number of hydrazone groups is 1. The average molecular weight is 351 g/mol. The summed E-state index contributed by atoms with van der Waals surface area (Å²) in [5.74, 6) is -0.574. The molecule has 1 heterocycles. The molecule has 0 bridgehead atoms. The molecule has 26 heavy (non-hydrogen) atoms. The van der Waals surface area contributed by atoms with Gasteiger partial charge in [-0.3, -0.25) is 19.7 Å². The minimum atomic E-state index is -0.574. The van der Waals surface area contributed by atoms with Crippen LogP contribution in [0.2, 0.25) is 0 Å². The number of aryl methyl sites for hydroxylation is 1. The first-order chi connectivity index (χ1) is 12.5. The Balaban J connectivity index is 1.82. The van der Waals surface area contributed by atoms with E-state index in [0.717, 1.165) is 4.68 Å². The monoisotopic (exact) mass is 351 g/mol. The fraction of sp³-hybridized carbons (Fsp3) is 0.0588. The first kappa shape index (κ1) is 17.0. The van der Waals surface area contributed by atoms with Crippen molar-refractivity contribution in [1.82, 2.24) is 15.2 Å². The molecule has 0 aliphatic carbocycles. The molecule has 0 aliphatic rings. The van der Waals surface area contributed by atoms with Crippen LogP contribution in [-0.2, 0) is 7.05 Å². The standard InChI is InChI=1S/C17H13N5O4/c1-21-17(24)14-5-3-2-4-13(14)15(20-21)16(23)19-18-10-11-6-8-12(9-7-11)22(25)26/h2-10H,1H3,(H,19,23)/b18-10-. The number of carbonyl (C=O) groups excluding carboxylic acids is 1. The van der Waals surface area contributed by atoms with E-state index < -0.39 is 10.8 Å². The molecule has 9 nitrogen and oxygen atoms in total. The fourth-order valence-electron chi connectivity index (χ4n) is 2.37. The number of hydrogen-bond donors (Lipinski definition) is 1. The highest BCUT2D eigenvalue weighted by Crippen LogP contribution is 2.13. The van der Waals surface area contributed by atoms with Crippen LogP contribution >= 0.6 is 0 Å². The van der Waals surface area contributed by atoms with E-state index in [-0.39, 0.29) is 16.9 Å². The summed E-state index contributed by atoms with van der Waals surface area (Å²) in [6, 6.07) is 12.4. The number of nitrogens with one attached hydrogen (secondary N) is 1. The van der Waals surface area contributed by atoms with Crippen LogP contribution in [0.15, 0.2) is 58.4 Å². The third-order valence-electron chi connectivity index (χ3n) is 3.66. The summed E-state index contributed by atoms with van der Waals surface area (Å²) in [7, 11) is 1.46. The minimum Gasteiger partial charge on any atom is -0.267 e. The van der Waals surface area contributed by atoms with Crippen molar-refractivity contribution in [3.05, 3.63) is 80.3 Å². The maximum absolute atomic E-state index is 12.4. The second kappa shape index (κ2) is 6.93. The molecule has 0 radical (unpaired) electrons. The highest BCUT2D eigenvalue weighted by atomic mass is 16.6. The SMILES string of the molecule is Cn1nc(C(=O)N/N=C\c2ccc([N+](=O)[O-])cc2)c2ccccc2c1=O. The van der Waals surface area contributed by atoms with E-state index in [1.54, 1.807) is 24.3 Å². The molecule has 0 saturated heterocycles. The summed E-state index contributed by atoms with van der Waals surface area (Å²) in [6.45, 7) is 0. The summed E-state index contributed by atoms with van der Waals surface area (Å²) in [5, 5.41) is 19.3. The maximum atomic E-state index is 12.4. The summed E-state index contributed by atoms with van der Waals surface area (Å²) in [4.78, 5) is 34.5. The number of non-ortho nitro benzene ring substituents is 1. The Morgan fingerprint density at radius 1 is 1.19 bits per heavy atom. The van der Waals surface area contributed by atoms with Gasteiger partial charge in [0.25, 0.3) is 17.2 Å². The quantitative estimate of drug-likeness (QED) is 0.435. The van der Waals surface area contributed by atoms with Crippen molar-refractivity contribution in [3.8, 4) is 0 Å². The van der Waals surface area contributed by atoms with Crippen molar-refractivity contribution < 1.29 is 9.72 Å². The normalized spacial score (nSPS) is 11.0. The van der Waals surface area contributed by atoms with Crippen molar-refractivity contribution in [2.45, 2.75) is 0 Å². The lowest BCUT2D eigenvalue weighted by Crippen LogP contribution is -2.27. The summed E-state index contributed by atoms with van der Waals surface area (Å²) in [6.07, 6.45) is 1.35. The molecule has 0 unspecified atom stereocenters. The molecule has 0 fully saturated rings. The van der Waals surface area contributed by atoms with Crippen LogP contribution in [0.3, 0.4) is 0 Å². The molecule has 1 amide bonds. The lowest BCUT2D eigenvalue weighted by molar-refractivity contribution is -0.384. The molecule has 3 rings (SSSR count). The van der Waals surface area contributed by atoms with Gasteiger partial charge in [0.05, 0.1) is 16.5 Å². The summed E-state index contributed by atoms with van der Waals surface area (Å²) in [5.41, 5.74) is 2.66. The summed E-state index contributed by atoms with van der Waals surface area (Å²) >= 11 is 0. The number of nitro benzene ring substituents is 1. The van der Waals surface area contributed by atoms with Crippen molar-refractivity contribution in [1.29, 1.82) is 0 Å². The number of nitrogens with zero attached hydrogens (tertiary/aromatic N) is 4. The second-order valence-corrected chi connectivity index (χ2v) is 5.37. The Bertz CT molecular complexity index is 1090. The highest BCUT2D eigenvalue weighted by molar-refractivity contribution is 6.04. The van der Waals surface area contributed by atoms with Crippen LogP contribution in [0.1, 0.15) is 16.1 Å². The number of fused-ring (bicyclic) bond motifs is 1. The van der Waals surface area contributed by atoms with Gasteiger partial charge in [-0.2, -0.15) is 10.2 Å². The molecular formula is C17H13N5O4. The van der Waals surface area contributed by atoms with Crippen molar-refractivity contribution in [2.75, 3.05) is 0 Å². The molecule has 0 saturated carbocycles. The van der Waals surface area contributed by atoms with Crippen molar-refractivity contribution in [2.24, 2.45) is 12.1 Å². The van der Waals surface area contributed by atoms with Gasteiger partial charge in [-0.05, 0) is 23.8 Å². The molecular weight excluding hydrogens is 338 g/mol. The van der Waals surface area contributed by atoms with Gasteiger partial charge < -0.3 is 0 Å². The second-order valence-electron chi connectivity index (χ2n) is 5.37. The molecule has 3 aromatic rings. The van der Waals surface area contributed by atoms with Gasteiger partial charge in [-0.15, -0.1) is 0 Å². The van der Waals surface area contributed by atoms with Crippen LogP contribution in [0.4, 0.5) is 5.69 Å². The molecule has 0 spiro atoms. The predicted octanol–water partition coefficient (Wildman–Crippen LogP) is 1.61.